The van der Waals surface area contributed by atoms with Crippen LogP contribution in [0.15, 0.2) is 61.2 Å². The molecule has 0 radical (unpaired) electrons. The summed E-state index contributed by atoms with van der Waals surface area (Å²) in [6.07, 6.45) is 7.92. The number of hydrogen-bond acceptors (Lipinski definition) is 3. The first kappa shape index (κ1) is 15.1. The van der Waals surface area contributed by atoms with Crippen molar-refractivity contribution in [3.8, 4) is 5.82 Å². The van der Waals surface area contributed by atoms with Crippen molar-refractivity contribution in [1.82, 2.24) is 19.4 Å². The molecule has 3 heterocycles. The lowest BCUT2D eigenvalue weighted by atomic mass is 10.1. The normalized spacial score (nSPS) is 18.1. The summed E-state index contributed by atoms with van der Waals surface area (Å²) in [5.74, 6) is 0.938. The molecule has 0 spiro atoms. The van der Waals surface area contributed by atoms with Gasteiger partial charge in [-0.15, -0.1) is 0 Å². The van der Waals surface area contributed by atoms with Crippen molar-refractivity contribution >= 4 is 0 Å². The second-order valence-corrected chi connectivity index (χ2v) is 6.45. The molecule has 1 saturated heterocycles. The lowest BCUT2D eigenvalue weighted by Crippen LogP contribution is -2.24. The van der Waals surface area contributed by atoms with Gasteiger partial charge in [0.15, 0.2) is 0 Å². The number of rotatable bonds is 4. The van der Waals surface area contributed by atoms with Gasteiger partial charge in [-0.2, -0.15) is 0 Å². The molecule has 3 aromatic rings. The summed E-state index contributed by atoms with van der Waals surface area (Å²) < 4.78 is 1.96. The van der Waals surface area contributed by atoms with Crippen LogP contribution in [-0.2, 0) is 6.54 Å². The van der Waals surface area contributed by atoms with E-state index in [1.165, 1.54) is 24.0 Å². The SMILES string of the molecule is Cc1ccccc1CN1CCC[C@H]1c1cccc(-n2ccnc2)n1. The third kappa shape index (κ3) is 2.97. The van der Waals surface area contributed by atoms with Gasteiger partial charge in [-0.25, -0.2) is 9.97 Å². The Bertz CT molecular complexity index is 810. The maximum absolute atomic E-state index is 4.89. The van der Waals surface area contributed by atoms with E-state index in [9.17, 15) is 0 Å². The maximum atomic E-state index is 4.89. The number of hydrogen-bond donors (Lipinski definition) is 0. The van der Waals surface area contributed by atoms with Crippen molar-refractivity contribution in [1.29, 1.82) is 0 Å². The molecular weight excluding hydrogens is 296 g/mol. The smallest absolute Gasteiger partial charge is 0.138 e. The molecule has 0 unspecified atom stereocenters. The van der Waals surface area contributed by atoms with Gasteiger partial charge in [0.05, 0.1) is 11.7 Å². The monoisotopic (exact) mass is 318 g/mol. The first-order chi connectivity index (χ1) is 11.8. The topological polar surface area (TPSA) is 34.0 Å². The number of likely N-dealkylation sites (tertiary alicyclic amines) is 1. The van der Waals surface area contributed by atoms with Crippen LogP contribution in [0.4, 0.5) is 0 Å². The third-order valence-electron chi connectivity index (χ3n) is 4.86. The molecule has 1 aromatic carbocycles. The highest BCUT2D eigenvalue weighted by molar-refractivity contribution is 5.28. The predicted molar refractivity (Wildman–Crippen MR) is 94.9 cm³/mol. The van der Waals surface area contributed by atoms with Crippen LogP contribution in [0.5, 0.6) is 0 Å². The Balaban J connectivity index is 1.59. The maximum Gasteiger partial charge on any atom is 0.138 e. The van der Waals surface area contributed by atoms with Crippen LogP contribution in [-0.4, -0.2) is 26.0 Å². The Labute approximate surface area is 142 Å². The summed E-state index contributed by atoms with van der Waals surface area (Å²) >= 11 is 0. The van der Waals surface area contributed by atoms with Crippen LogP contribution < -0.4 is 0 Å². The van der Waals surface area contributed by atoms with Crippen LogP contribution in [0.1, 0.15) is 35.7 Å². The average Bonchev–Trinajstić information content (AvgIpc) is 3.29. The number of aryl methyl sites for hydroxylation is 1. The number of imidazole rings is 1. The molecule has 0 amide bonds. The summed E-state index contributed by atoms with van der Waals surface area (Å²) in [5, 5.41) is 0. The minimum absolute atomic E-state index is 0.396. The molecule has 1 aliphatic rings. The van der Waals surface area contributed by atoms with E-state index in [1.54, 1.807) is 12.5 Å². The van der Waals surface area contributed by atoms with Crippen LogP contribution in [0.3, 0.4) is 0 Å². The zero-order chi connectivity index (χ0) is 16.4. The molecular formula is C20H22N4. The Morgan fingerprint density at radius 1 is 1.12 bits per heavy atom. The Morgan fingerprint density at radius 2 is 2.04 bits per heavy atom. The van der Waals surface area contributed by atoms with Gasteiger partial charge in [0.1, 0.15) is 12.1 Å². The highest BCUT2D eigenvalue weighted by Gasteiger charge is 2.27. The van der Waals surface area contributed by atoms with Crippen molar-refractivity contribution < 1.29 is 0 Å². The number of benzene rings is 1. The molecule has 0 aliphatic carbocycles. The second-order valence-electron chi connectivity index (χ2n) is 6.45. The van der Waals surface area contributed by atoms with Gasteiger partial charge in [0.2, 0.25) is 0 Å². The summed E-state index contributed by atoms with van der Waals surface area (Å²) in [7, 11) is 0. The van der Waals surface area contributed by atoms with Gasteiger partial charge in [-0.1, -0.05) is 30.3 Å². The largest absolute Gasteiger partial charge is 0.291 e. The lowest BCUT2D eigenvalue weighted by Gasteiger charge is -2.25. The average molecular weight is 318 g/mol. The number of pyridine rings is 1. The van der Waals surface area contributed by atoms with Gasteiger partial charge in [0.25, 0.3) is 0 Å². The Morgan fingerprint density at radius 3 is 2.88 bits per heavy atom. The first-order valence-electron chi connectivity index (χ1n) is 8.55. The third-order valence-corrected chi connectivity index (χ3v) is 4.86. The summed E-state index contributed by atoms with van der Waals surface area (Å²) in [6.45, 7) is 4.32. The molecule has 1 fully saturated rings. The molecule has 122 valence electrons. The number of nitrogens with zero attached hydrogens (tertiary/aromatic N) is 4. The Hall–Kier alpha value is -2.46. The minimum Gasteiger partial charge on any atom is -0.291 e. The van der Waals surface area contributed by atoms with Gasteiger partial charge >= 0.3 is 0 Å². The molecule has 0 N–H and O–H groups in total. The van der Waals surface area contributed by atoms with E-state index in [1.807, 2.05) is 16.8 Å². The molecule has 4 rings (SSSR count). The standard InChI is InChI=1S/C20H22N4/c1-16-6-2-3-7-17(16)14-23-12-5-9-19(23)18-8-4-10-20(22-18)24-13-11-21-15-24/h2-4,6-8,10-11,13,15,19H,5,9,12,14H2,1H3/t19-/m0/s1. The fourth-order valence-corrected chi connectivity index (χ4v) is 3.52. The molecule has 4 heteroatoms. The Kier molecular flexibility index (Phi) is 4.13. The van der Waals surface area contributed by atoms with Crippen LogP contribution in [0.25, 0.3) is 5.82 Å². The highest BCUT2D eigenvalue weighted by Crippen LogP contribution is 2.32. The van der Waals surface area contributed by atoms with Crippen molar-refractivity contribution in [2.75, 3.05) is 6.54 Å². The second kappa shape index (κ2) is 6.57. The summed E-state index contributed by atoms with van der Waals surface area (Å²) in [6, 6.07) is 15.3. The fraction of sp³-hybridized carbons (Fsp3) is 0.300. The van der Waals surface area contributed by atoms with Gasteiger partial charge < -0.3 is 0 Å². The number of aromatic nitrogens is 3. The van der Waals surface area contributed by atoms with E-state index >= 15 is 0 Å². The van der Waals surface area contributed by atoms with Crippen LogP contribution >= 0.6 is 0 Å². The van der Waals surface area contributed by atoms with Gasteiger partial charge in [-0.05, 0) is 49.6 Å². The molecule has 0 saturated carbocycles. The van der Waals surface area contributed by atoms with E-state index in [2.05, 4.69) is 53.2 Å². The van der Waals surface area contributed by atoms with E-state index in [-0.39, 0.29) is 0 Å². The fourth-order valence-electron chi connectivity index (χ4n) is 3.52. The molecule has 0 bridgehead atoms. The van der Waals surface area contributed by atoms with Crippen LogP contribution in [0, 0.1) is 6.92 Å². The van der Waals surface area contributed by atoms with Crippen LogP contribution in [0.2, 0.25) is 0 Å². The van der Waals surface area contributed by atoms with Crippen molar-refractivity contribution in [2.24, 2.45) is 0 Å². The lowest BCUT2D eigenvalue weighted by molar-refractivity contribution is 0.244. The van der Waals surface area contributed by atoms with Crippen molar-refractivity contribution in [3.63, 3.8) is 0 Å². The van der Waals surface area contributed by atoms with E-state index in [4.69, 9.17) is 4.98 Å². The van der Waals surface area contributed by atoms with E-state index in [0.717, 1.165) is 24.6 Å². The molecule has 2 aromatic heterocycles. The predicted octanol–water partition coefficient (Wildman–Crippen LogP) is 3.91. The molecule has 1 aliphatic heterocycles. The van der Waals surface area contributed by atoms with Gasteiger partial charge in [-0.3, -0.25) is 9.47 Å². The molecule has 24 heavy (non-hydrogen) atoms. The zero-order valence-electron chi connectivity index (χ0n) is 14.0. The molecule has 4 nitrogen and oxygen atoms in total. The quantitative estimate of drug-likeness (QED) is 0.731. The minimum atomic E-state index is 0.396. The summed E-state index contributed by atoms with van der Waals surface area (Å²) in [5.41, 5.74) is 3.94. The first-order valence-corrected chi connectivity index (χ1v) is 8.55. The zero-order valence-corrected chi connectivity index (χ0v) is 14.0. The van der Waals surface area contributed by atoms with E-state index in [0.29, 0.717) is 6.04 Å². The summed E-state index contributed by atoms with van der Waals surface area (Å²) in [4.78, 5) is 11.6. The van der Waals surface area contributed by atoms with Crippen molar-refractivity contribution in [2.45, 2.75) is 32.4 Å². The van der Waals surface area contributed by atoms with E-state index < -0.39 is 0 Å². The highest BCUT2D eigenvalue weighted by atomic mass is 15.2. The van der Waals surface area contributed by atoms with Gasteiger partial charge in [0, 0.05) is 18.9 Å². The molecule has 1 atom stereocenters. The van der Waals surface area contributed by atoms with Crippen molar-refractivity contribution in [3.05, 3.63) is 78.0 Å².